The summed E-state index contributed by atoms with van der Waals surface area (Å²) in [6.45, 7) is 1.93. The smallest absolute Gasteiger partial charge is 0.253 e. The molecule has 1 N–H and O–H groups in total. The Hall–Kier alpha value is -3.55. The molecule has 31 heavy (non-hydrogen) atoms. The van der Waals surface area contributed by atoms with Gasteiger partial charge in [-0.05, 0) is 49.6 Å². The van der Waals surface area contributed by atoms with Crippen LogP contribution in [0.15, 0.2) is 47.1 Å². The number of rotatable bonds is 7. The molecule has 3 aromatic rings. The molecular formula is C23H25N5O3. The molecular weight excluding hydrogens is 394 g/mol. The normalized spacial score (nSPS) is 14.2. The zero-order valence-corrected chi connectivity index (χ0v) is 17.8. The van der Waals surface area contributed by atoms with Crippen LogP contribution in [0.25, 0.3) is 11.4 Å². The SMILES string of the molecule is CC[C@H](NC(=O)c1cccc(C(=O)N(C)C)c1)c1nc(-c2ccnc(C3CC3)c2)no1. The molecule has 0 radical (unpaired) electrons. The van der Waals surface area contributed by atoms with Crippen molar-refractivity contribution in [2.75, 3.05) is 14.1 Å². The largest absolute Gasteiger partial charge is 0.345 e. The van der Waals surface area contributed by atoms with Gasteiger partial charge in [0.05, 0.1) is 0 Å². The molecule has 1 aliphatic carbocycles. The van der Waals surface area contributed by atoms with Crippen LogP contribution in [0.1, 0.15) is 70.4 Å². The summed E-state index contributed by atoms with van der Waals surface area (Å²) in [7, 11) is 3.34. The highest BCUT2D eigenvalue weighted by Gasteiger charge is 2.26. The third-order valence-electron chi connectivity index (χ3n) is 5.27. The summed E-state index contributed by atoms with van der Waals surface area (Å²) >= 11 is 0. The highest BCUT2D eigenvalue weighted by Crippen LogP contribution is 2.39. The highest BCUT2D eigenvalue weighted by molar-refractivity contribution is 5.99. The van der Waals surface area contributed by atoms with Gasteiger partial charge in [-0.2, -0.15) is 4.98 Å². The first-order chi connectivity index (χ1) is 15.0. The lowest BCUT2D eigenvalue weighted by Crippen LogP contribution is -2.29. The van der Waals surface area contributed by atoms with Crippen LogP contribution < -0.4 is 5.32 Å². The third kappa shape index (κ3) is 4.63. The van der Waals surface area contributed by atoms with Crippen molar-refractivity contribution in [3.63, 3.8) is 0 Å². The average molecular weight is 419 g/mol. The molecule has 1 aliphatic rings. The summed E-state index contributed by atoms with van der Waals surface area (Å²) in [5, 5.41) is 7.02. The number of hydrogen-bond donors (Lipinski definition) is 1. The fraction of sp³-hybridized carbons (Fsp3) is 0.348. The zero-order chi connectivity index (χ0) is 22.0. The number of pyridine rings is 1. The van der Waals surface area contributed by atoms with Crippen molar-refractivity contribution in [1.82, 2.24) is 25.3 Å². The van der Waals surface area contributed by atoms with Crippen LogP contribution in [0.2, 0.25) is 0 Å². The monoisotopic (exact) mass is 419 g/mol. The van der Waals surface area contributed by atoms with E-state index >= 15 is 0 Å². The molecule has 0 bridgehead atoms. The molecule has 0 unspecified atom stereocenters. The predicted octanol–water partition coefficient (Wildman–Crippen LogP) is 3.59. The Morgan fingerprint density at radius 1 is 1.19 bits per heavy atom. The molecule has 8 heteroatoms. The van der Waals surface area contributed by atoms with E-state index in [9.17, 15) is 9.59 Å². The van der Waals surface area contributed by atoms with Gasteiger partial charge in [0.25, 0.3) is 11.8 Å². The topological polar surface area (TPSA) is 101 Å². The van der Waals surface area contributed by atoms with Gasteiger partial charge < -0.3 is 14.7 Å². The molecule has 160 valence electrons. The zero-order valence-electron chi connectivity index (χ0n) is 17.8. The minimum atomic E-state index is -0.438. The van der Waals surface area contributed by atoms with E-state index in [1.54, 1.807) is 44.6 Å². The Morgan fingerprint density at radius 2 is 1.97 bits per heavy atom. The molecule has 8 nitrogen and oxygen atoms in total. The number of aromatic nitrogens is 3. The van der Waals surface area contributed by atoms with Crippen molar-refractivity contribution in [3.8, 4) is 11.4 Å². The van der Waals surface area contributed by atoms with E-state index in [1.807, 2.05) is 19.1 Å². The summed E-state index contributed by atoms with van der Waals surface area (Å²) in [6.07, 6.45) is 4.67. The van der Waals surface area contributed by atoms with Gasteiger partial charge in [-0.15, -0.1) is 0 Å². The van der Waals surface area contributed by atoms with Crippen LogP contribution in [0, 0.1) is 0 Å². The lowest BCUT2D eigenvalue weighted by Gasteiger charge is -2.14. The molecule has 0 aliphatic heterocycles. The molecule has 2 heterocycles. The molecule has 2 aromatic heterocycles. The molecule has 0 spiro atoms. The first kappa shape index (κ1) is 20.7. The van der Waals surface area contributed by atoms with E-state index in [2.05, 4.69) is 20.4 Å². The minimum Gasteiger partial charge on any atom is -0.345 e. The molecule has 0 saturated heterocycles. The van der Waals surface area contributed by atoms with Crippen LogP contribution in [0.5, 0.6) is 0 Å². The summed E-state index contributed by atoms with van der Waals surface area (Å²) in [5.41, 5.74) is 2.75. The quantitative estimate of drug-likeness (QED) is 0.628. The summed E-state index contributed by atoms with van der Waals surface area (Å²) < 4.78 is 5.46. The van der Waals surface area contributed by atoms with E-state index in [1.165, 1.54) is 17.7 Å². The number of carbonyl (C=O) groups excluding carboxylic acids is 2. The Morgan fingerprint density at radius 3 is 2.68 bits per heavy atom. The molecule has 1 atom stereocenters. The van der Waals surface area contributed by atoms with Crippen molar-refractivity contribution in [2.45, 2.75) is 38.1 Å². The number of benzene rings is 1. The van der Waals surface area contributed by atoms with Gasteiger partial charge >= 0.3 is 0 Å². The van der Waals surface area contributed by atoms with Gasteiger partial charge in [0.1, 0.15) is 6.04 Å². The fourth-order valence-electron chi connectivity index (χ4n) is 3.32. The molecule has 1 saturated carbocycles. The molecule has 2 amide bonds. The Kier molecular flexibility index (Phi) is 5.79. The second kappa shape index (κ2) is 8.67. The van der Waals surface area contributed by atoms with Crippen LogP contribution in [-0.4, -0.2) is 45.9 Å². The van der Waals surface area contributed by atoms with Crippen LogP contribution in [-0.2, 0) is 0 Å². The second-order valence-electron chi connectivity index (χ2n) is 7.91. The Balaban J connectivity index is 1.50. The number of hydrogen-bond acceptors (Lipinski definition) is 6. The van der Waals surface area contributed by atoms with Crippen LogP contribution in [0.3, 0.4) is 0 Å². The maximum absolute atomic E-state index is 12.8. The number of nitrogens with one attached hydrogen (secondary N) is 1. The van der Waals surface area contributed by atoms with Crippen LogP contribution >= 0.6 is 0 Å². The van der Waals surface area contributed by atoms with Crippen molar-refractivity contribution >= 4 is 11.8 Å². The number of carbonyl (C=O) groups is 2. The molecule has 4 rings (SSSR count). The summed E-state index contributed by atoms with van der Waals surface area (Å²) in [5.74, 6) is 0.886. The maximum Gasteiger partial charge on any atom is 0.253 e. The predicted molar refractivity (Wildman–Crippen MR) is 114 cm³/mol. The van der Waals surface area contributed by atoms with E-state index < -0.39 is 6.04 Å². The van der Waals surface area contributed by atoms with Gasteiger partial charge in [-0.25, -0.2) is 0 Å². The van der Waals surface area contributed by atoms with Gasteiger partial charge in [-0.3, -0.25) is 14.6 Å². The van der Waals surface area contributed by atoms with Crippen LogP contribution in [0.4, 0.5) is 0 Å². The highest BCUT2D eigenvalue weighted by atomic mass is 16.5. The van der Waals surface area contributed by atoms with E-state index in [0.717, 1.165) is 11.3 Å². The van der Waals surface area contributed by atoms with Gasteiger partial charge in [-0.1, -0.05) is 18.1 Å². The first-order valence-corrected chi connectivity index (χ1v) is 10.4. The van der Waals surface area contributed by atoms with Crippen molar-refractivity contribution in [3.05, 3.63) is 65.3 Å². The van der Waals surface area contributed by atoms with Gasteiger partial charge in [0.2, 0.25) is 11.7 Å². The molecule has 1 aromatic carbocycles. The van der Waals surface area contributed by atoms with E-state index in [-0.39, 0.29) is 11.8 Å². The maximum atomic E-state index is 12.8. The average Bonchev–Trinajstić information content (AvgIpc) is 3.53. The fourth-order valence-corrected chi connectivity index (χ4v) is 3.32. The standard InChI is InChI=1S/C23H25N5O3/c1-4-18(25-21(29)16-6-5-7-17(12-16)23(30)28(2)3)22-26-20(27-31-22)15-10-11-24-19(13-15)14-8-9-14/h5-7,10-14,18H,4,8-9H2,1-3H3,(H,25,29)/t18-/m0/s1. The van der Waals surface area contributed by atoms with E-state index in [0.29, 0.717) is 35.2 Å². The Bertz CT molecular complexity index is 1100. The van der Waals surface area contributed by atoms with Gasteiger partial charge in [0.15, 0.2) is 0 Å². The number of nitrogens with zero attached hydrogens (tertiary/aromatic N) is 4. The second-order valence-corrected chi connectivity index (χ2v) is 7.91. The summed E-state index contributed by atoms with van der Waals surface area (Å²) in [6, 6.07) is 10.0. The number of amides is 2. The van der Waals surface area contributed by atoms with E-state index in [4.69, 9.17) is 4.52 Å². The first-order valence-electron chi connectivity index (χ1n) is 10.4. The molecule has 1 fully saturated rings. The Labute approximate surface area is 180 Å². The van der Waals surface area contributed by atoms with Crippen molar-refractivity contribution < 1.29 is 14.1 Å². The lowest BCUT2D eigenvalue weighted by atomic mass is 10.1. The van der Waals surface area contributed by atoms with Crippen molar-refractivity contribution in [1.29, 1.82) is 0 Å². The van der Waals surface area contributed by atoms with Gasteiger partial charge in [0, 0.05) is 48.6 Å². The minimum absolute atomic E-state index is 0.161. The summed E-state index contributed by atoms with van der Waals surface area (Å²) in [4.78, 5) is 35.4. The lowest BCUT2D eigenvalue weighted by molar-refractivity contribution is 0.0827. The van der Waals surface area contributed by atoms with Crippen molar-refractivity contribution in [2.24, 2.45) is 0 Å². The third-order valence-corrected chi connectivity index (χ3v) is 5.27.